The van der Waals surface area contributed by atoms with Gasteiger partial charge in [0.25, 0.3) is 0 Å². The monoisotopic (exact) mass is 329 g/mol. The van der Waals surface area contributed by atoms with Crippen LogP contribution in [0.5, 0.6) is 0 Å². The number of carbonyl (C=O) groups is 1. The first kappa shape index (κ1) is 14.5. The van der Waals surface area contributed by atoms with E-state index in [4.69, 9.17) is 0 Å². The van der Waals surface area contributed by atoms with Crippen molar-refractivity contribution in [3.05, 3.63) is 76.3 Å². The Bertz CT molecular complexity index is 593. The number of hydrogen-bond acceptors (Lipinski definition) is 1. The zero-order valence-corrected chi connectivity index (χ0v) is 12.6. The molecule has 0 aliphatic heterocycles. The normalized spacial score (nSPS) is 10.7. The van der Waals surface area contributed by atoms with Gasteiger partial charge in [-0.1, -0.05) is 64.5 Å². The predicted octanol–water partition coefficient (Wildman–Crippen LogP) is 3.82. The molecule has 1 amide bonds. The standard InChI is InChI=1S/C17H16BrNO/c18-16-9-5-4-8-15(16)10-11-17(20)19-13-12-14-6-2-1-3-7-14/h1-11H,12-13H2,(H,19,20)/b11-10+. The molecular formula is C17H16BrNO. The van der Waals surface area contributed by atoms with Crippen molar-refractivity contribution < 1.29 is 4.79 Å². The molecule has 3 heteroatoms. The summed E-state index contributed by atoms with van der Waals surface area (Å²) in [4.78, 5) is 11.7. The van der Waals surface area contributed by atoms with Gasteiger partial charge in [0.15, 0.2) is 0 Å². The molecule has 0 bridgehead atoms. The van der Waals surface area contributed by atoms with E-state index in [0.717, 1.165) is 16.5 Å². The molecule has 1 N–H and O–H groups in total. The summed E-state index contributed by atoms with van der Waals surface area (Å²) in [6.07, 6.45) is 4.21. The van der Waals surface area contributed by atoms with Crippen LogP contribution in [0, 0.1) is 0 Å². The number of rotatable bonds is 5. The van der Waals surface area contributed by atoms with Crippen LogP contribution >= 0.6 is 15.9 Å². The van der Waals surface area contributed by atoms with E-state index in [1.165, 1.54) is 5.56 Å². The Labute approximate surface area is 127 Å². The highest BCUT2D eigenvalue weighted by atomic mass is 79.9. The fourth-order valence-corrected chi connectivity index (χ4v) is 2.23. The number of benzene rings is 2. The maximum Gasteiger partial charge on any atom is 0.244 e. The van der Waals surface area contributed by atoms with Crippen molar-refractivity contribution in [3.63, 3.8) is 0 Å². The van der Waals surface area contributed by atoms with Gasteiger partial charge in [-0.3, -0.25) is 4.79 Å². The summed E-state index contributed by atoms with van der Waals surface area (Å²) >= 11 is 3.45. The molecule has 0 unspecified atom stereocenters. The van der Waals surface area contributed by atoms with Crippen LogP contribution in [0.25, 0.3) is 6.08 Å². The van der Waals surface area contributed by atoms with Gasteiger partial charge < -0.3 is 5.32 Å². The second-order valence-electron chi connectivity index (χ2n) is 4.38. The quantitative estimate of drug-likeness (QED) is 0.830. The van der Waals surface area contributed by atoms with Crippen LogP contribution in [0.15, 0.2) is 65.1 Å². The molecule has 0 saturated carbocycles. The zero-order valence-electron chi connectivity index (χ0n) is 11.1. The minimum atomic E-state index is -0.0725. The Morgan fingerprint density at radius 2 is 1.75 bits per heavy atom. The summed E-state index contributed by atoms with van der Waals surface area (Å²) in [5.74, 6) is -0.0725. The molecule has 0 heterocycles. The van der Waals surface area contributed by atoms with E-state index in [9.17, 15) is 4.79 Å². The summed E-state index contributed by atoms with van der Waals surface area (Å²) < 4.78 is 0.980. The molecule has 0 spiro atoms. The Hall–Kier alpha value is -1.87. The lowest BCUT2D eigenvalue weighted by Crippen LogP contribution is -2.23. The molecule has 0 aromatic heterocycles. The molecule has 2 nitrogen and oxygen atoms in total. The topological polar surface area (TPSA) is 29.1 Å². The second kappa shape index (κ2) is 7.65. The smallest absolute Gasteiger partial charge is 0.244 e. The summed E-state index contributed by atoms with van der Waals surface area (Å²) in [6.45, 7) is 0.642. The van der Waals surface area contributed by atoms with Crippen molar-refractivity contribution in [1.29, 1.82) is 0 Å². The van der Waals surface area contributed by atoms with Gasteiger partial charge in [-0.05, 0) is 29.7 Å². The fourth-order valence-electron chi connectivity index (χ4n) is 1.81. The molecular weight excluding hydrogens is 314 g/mol. The van der Waals surface area contributed by atoms with E-state index in [0.29, 0.717) is 6.54 Å². The highest BCUT2D eigenvalue weighted by Crippen LogP contribution is 2.16. The summed E-state index contributed by atoms with van der Waals surface area (Å²) in [7, 11) is 0. The van der Waals surface area contributed by atoms with E-state index in [1.807, 2.05) is 48.5 Å². The van der Waals surface area contributed by atoms with Crippen LogP contribution in [-0.2, 0) is 11.2 Å². The first-order chi connectivity index (χ1) is 9.75. The SMILES string of the molecule is O=C(/C=C/c1ccccc1Br)NCCc1ccccc1. The van der Waals surface area contributed by atoms with Gasteiger partial charge in [-0.15, -0.1) is 0 Å². The fraction of sp³-hybridized carbons (Fsp3) is 0.118. The lowest BCUT2D eigenvalue weighted by atomic mass is 10.1. The first-order valence-corrected chi connectivity index (χ1v) is 7.29. The van der Waals surface area contributed by atoms with Gasteiger partial charge >= 0.3 is 0 Å². The van der Waals surface area contributed by atoms with Gasteiger partial charge in [-0.2, -0.15) is 0 Å². The van der Waals surface area contributed by atoms with E-state index in [2.05, 4.69) is 33.4 Å². The van der Waals surface area contributed by atoms with Crippen LogP contribution < -0.4 is 5.32 Å². The Morgan fingerprint density at radius 3 is 2.50 bits per heavy atom. The van der Waals surface area contributed by atoms with Gasteiger partial charge in [-0.25, -0.2) is 0 Å². The highest BCUT2D eigenvalue weighted by Gasteiger charge is 1.97. The average molecular weight is 330 g/mol. The van der Waals surface area contributed by atoms with Crippen molar-refractivity contribution in [2.45, 2.75) is 6.42 Å². The third-order valence-electron chi connectivity index (χ3n) is 2.88. The third-order valence-corrected chi connectivity index (χ3v) is 3.60. The van der Waals surface area contributed by atoms with Crippen LogP contribution in [0.3, 0.4) is 0 Å². The van der Waals surface area contributed by atoms with Crippen molar-refractivity contribution >= 4 is 27.9 Å². The molecule has 0 radical (unpaired) electrons. The summed E-state index contributed by atoms with van der Waals surface area (Å²) in [5, 5.41) is 2.88. The lowest BCUT2D eigenvalue weighted by molar-refractivity contribution is -0.116. The van der Waals surface area contributed by atoms with Crippen molar-refractivity contribution in [1.82, 2.24) is 5.32 Å². The van der Waals surface area contributed by atoms with E-state index >= 15 is 0 Å². The van der Waals surface area contributed by atoms with Crippen molar-refractivity contribution in [2.24, 2.45) is 0 Å². The number of carbonyl (C=O) groups excluding carboxylic acids is 1. The van der Waals surface area contributed by atoms with E-state index < -0.39 is 0 Å². The van der Waals surface area contributed by atoms with Crippen molar-refractivity contribution in [2.75, 3.05) is 6.54 Å². The molecule has 2 rings (SSSR count). The van der Waals surface area contributed by atoms with Crippen LogP contribution in [0.4, 0.5) is 0 Å². The molecule has 0 aliphatic carbocycles. The number of nitrogens with one attached hydrogen (secondary N) is 1. The maximum absolute atomic E-state index is 11.7. The molecule has 2 aromatic rings. The highest BCUT2D eigenvalue weighted by molar-refractivity contribution is 9.10. The van der Waals surface area contributed by atoms with Gasteiger partial charge in [0, 0.05) is 17.1 Å². The largest absolute Gasteiger partial charge is 0.352 e. The van der Waals surface area contributed by atoms with Gasteiger partial charge in [0.1, 0.15) is 0 Å². The summed E-state index contributed by atoms with van der Waals surface area (Å²) in [5.41, 5.74) is 2.22. The molecule has 102 valence electrons. The Morgan fingerprint density at radius 1 is 1.05 bits per heavy atom. The van der Waals surface area contributed by atoms with E-state index in [-0.39, 0.29) is 5.91 Å². The maximum atomic E-state index is 11.7. The average Bonchev–Trinajstić information content (AvgIpc) is 2.47. The molecule has 20 heavy (non-hydrogen) atoms. The Kier molecular flexibility index (Phi) is 5.56. The number of halogens is 1. The molecule has 0 fully saturated rings. The van der Waals surface area contributed by atoms with Crippen LogP contribution in [0.2, 0.25) is 0 Å². The van der Waals surface area contributed by atoms with Crippen molar-refractivity contribution in [3.8, 4) is 0 Å². The molecule has 0 atom stereocenters. The molecule has 0 aliphatic rings. The molecule has 0 saturated heterocycles. The number of amides is 1. The Balaban J connectivity index is 1.80. The summed E-state index contributed by atoms with van der Waals surface area (Å²) in [6, 6.07) is 17.9. The number of hydrogen-bond donors (Lipinski definition) is 1. The minimum absolute atomic E-state index is 0.0725. The third kappa shape index (κ3) is 4.67. The van der Waals surface area contributed by atoms with E-state index in [1.54, 1.807) is 6.08 Å². The zero-order chi connectivity index (χ0) is 14.2. The van der Waals surface area contributed by atoms with Gasteiger partial charge in [0.05, 0.1) is 0 Å². The first-order valence-electron chi connectivity index (χ1n) is 6.50. The van der Waals surface area contributed by atoms with Crippen LogP contribution in [0.1, 0.15) is 11.1 Å². The molecule has 2 aromatic carbocycles. The van der Waals surface area contributed by atoms with Gasteiger partial charge in [0.2, 0.25) is 5.91 Å². The lowest BCUT2D eigenvalue weighted by Gasteiger charge is -2.02. The second-order valence-corrected chi connectivity index (χ2v) is 5.24. The van der Waals surface area contributed by atoms with Crippen LogP contribution in [-0.4, -0.2) is 12.5 Å². The minimum Gasteiger partial charge on any atom is -0.352 e. The predicted molar refractivity (Wildman–Crippen MR) is 86.3 cm³/mol.